The Morgan fingerprint density at radius 3 is 2.25 bits per heavy atom. The Hall–Kier alpha value is -3.39. The largest absolute Gasteiger partial charge is 0.326 e. The lowest BCUT2D eigenvalue weighted by Crippen LogP contribution is -2.58. The summed E-state index contributed by atoms with van der Waals surface area (Å²) < 4.78 is 2.25. The third kappa shape index (κ3) is 6.02. The lowest BCUT2D eigenvalue weighted by molar-refractivity contribution is 0.152. The van der Waals surface area contributed by atoms with Crippen molar-refractivity contribution in [1.29, 1.82) is 0 Å². The first-order valence-corrected chi connectivity index (χ1v) is 14.8. The molecule has 0 saturated carbocycles. The van der Waals surface area contributed by atoms with Crippen LogP contribution in [0.15, 0.2) is 54.6 Å². The summed E-state index contributed by atoms with van der Waals surface area (Å²) in [5.74, 6) is 2.35. The molecule has 2 fully saturated rings. The summed E-state index contributed by atoms with van der Waals surface area (Å²) in [7, 11) is 0. The Kier molecular flexibility index (Phi) is 8.17. The molecule has 0 unspecified atom stereocenters. The lowest BCUT2D eigenvalue weighted by atomic mass is 9.87. The van der Waals surface area contributed by atoms with Crippen LogP contribution in [0, 0.1) is 6.92 Å². The first kappa shape index (κ1) is 28.1. The third-order valence-electron chi connectivity index (χ3n) is 8.35. The van der Waals surface area contributed by atoms with Gasteiger partial charge in [-0.3, -0.25) is 9.80 Å². The standard InChI is InChI=1S/C32H45N7O/c1-23(2)30-35-34-24(3)39(30)36-21-28-17-18-29(22-36)37(28)19-10-20-38(27-11-8-7-9-12-27)31(40)33-26-15-13-25(14-16-26)32(4,5)6/h7-9,11-16,23,28-29H,10,17-22H2,1-6H3,(H,33,40)/t28-,29-/m1/s1. The number of hydrogen-bond acceptors (Lipinski definition) is 5. The van der Waals surface area contributed by atoms with E-state index in [-0.39, 0.29) is 11.4 Å². The van der Waals surface area contributed by atoms with Crippen molar-refractivity contribution < 1.29 is 4.79 Å². The van der Waals surface area contributed by atoms with Crippen LogP contribution in [0.5, 0.6) is 0 Å². The average molecular weight is 544 g/mol. The summed E-state index contributed by atoms with van der Waals surface area (Å²) in [5, 5.41) is 14.4. The fourth-order valence-corrected chi connectivity index (χ4v) is 6.19. The van der Waals surface area contributed by atoms with Crippen LogP contribution in [0.1, 0.15) is 77.0 Å². The van der Waals surface area contributed by atoms with Crippen molar-refractivity contribution in [3.8, 4) is 0 Å². The van der Waals surface area contributed by atoms with Crippen molar-refractivity contribution in [1.82, 2.24) is 19.8 Å². The fourth-order valence-electron chi connectivity index (χ4n) is 6.19. The lowest BCUT2D eigenvalue weighted by Gasteiger charge is -2.43. The minimum Gasteiger partial charge on any atom is -0.308 e. The highest BCUT2D eigenvalue weighted by Crippen LogP contribution is 2.31. The molecule has 2 amide bonds. The van der Waals surface area contributed by atoms with Gasteiger partial charge in [0, 0.05) is 42.5 Å². The van der Waals surface area contributed by atoms with Gasteiger partial charge in [0.1, 0.15) is 5.82 Å². The summed E-state index contributed by atoms with van der Waals surface area (Å²) >= 11 is 0. The molecule has 1 N–H and O–H groups in total. The van der Waals surface area contributed by atoms with Crippen LogP contribution in [0.3, 0.4) is 0 Å². The Morgan fingerprint density at radius 1 is 1.00 bits per heavy atom. The minimum atomic E-state index is -0.0909. The van der Waals surface area contributed by atoms with E-state index in [1.165, 1.54) is 18.4 Å². The van der Waals surface area contributed by atoms with Gasteiger partial charge in [0.25, 0.3) is 0 Å². The molecule has 3 aromatic rings. The van der Waals surface area contributed by atoms with Gasteiger partial charge in [-0.25, -0.2) is 9.47 Å². The number of rotatable bonds is 8. The van der Waals surface area contributed by atoms with E-state index in [1.807, 2.05) is 47.4 Å². The van der Waals surface area contributed by atoms with Crippen LogP contribution in [-0.4, -0.2) is 64.1 Å². The molecule has 2 aromatic carbocycles. The zero-order chi connectivity index (χ0) is 28.4. The van der Waals surface area contributed by atoms with Crippen LogP contribution < -0.4 is 15.2 Å². The van der Waals surface area contributed by atoms with E-state index in [0.29, 0.717) is 24.5 Å². The molecule has 0 aliphatic carbocycles. The van der Waals surface area contributed by atoms with Crippen LogP contribution >= 0.6 is 0 Å². The normalized spacial score (nSPS) is 19.3. The van der Waals surface area contributed by atoms with E-state index in [0.717, 1.165) is 49.1 Å². The van der Waals surface area contributed by atoms with Crippen LogP contribution in [0.25, 0.3) is 0 Å². The van der Waals surface area contributed by atoms with Gasteiger partial charge in [0.15, 0.2) is 5.82 Å². The van der Waals surface area contributed by atoms with Gasteiger partial charge in [-0.15, -0.1) is 10.2 Å². The number of urea groups is 1. The number of carbonyl (C=O) groups excluding carboxylic acids is 1. The molecule has 8 heteroatoms. The Labute approximate surface area is 239 Å². The molecule has 2 atom stereocenters. The van der Waals surface area contributed by atoms with Crippen LogP contribution in [0.4, 0.5) is 16.2 Å². The number of para-hydroxylation sites is 1. The van der Waals surface area contributed by atoms with Gasteiger partial charge in [-0.2, -0.15) is 0 Å². The van der Waals surface area contributed by atoms with E-state index in [9.17, 15) is 4.79 Å². The second kappa shape index (κ2) is 11.6. The molecule has 3 heterocycles. The van der Waals surface area contributed by atoms with Gasteiger partial charge in [-0.1, -0.05) is 65.0 Å². The van der Waals surface area contributed by atoms with Crippen LogP contribution in [0.2, 0.25) is 0 Å². The summed E-state index contributed by atoms with van der Waals surface area (Å²) in [6, 6.07) is 19.1. The van der Waals surface area contributed by atoms with Gasteiger partial charge >= 0.3 is 6.03 Å². The molecule has 40 heavy (non-hydrogen) atoms. The van der Waals surface area contributed by atoms with Gasteiger partial charge in [0.05, 0.1) is 13.1 Å². The zero-order valence-corrected chi connectivity index (χ0v) is 25.0. The Morgan fingerprint density at radius 2 is 1.65 bits per heavy atom. The molecule has 5 rings (SSSR count). The summed E-state index contributed by atoms with van der Waals surface area (Å²) in [6.07, 6.45) is 3.35. The van der Waals surface area contributed by atoms with Crippen molar-refractivity contribution in [3.05, 3.63) is 71.8 Å². The van der Waals surface area contributed by atoms with Crippen molar-refractivity contribution in [2.24, 2.45) is 0 Å². The van der Waals surface area contributed by atoms with Crippen molar-refractivity contribution in [3.63, 3.8) is 0 Å². The number of carbonyl (C=O) groups is 1. The minimum absolute atomic E-state index is 0.0781. The fraction of sp³-hybridized carbons (Fsp3) is 0.531. The number of amides is 2. The molecule has 2 aliphatic rings. The van der Waals surface area contributed by atoms with E-state index in [1.54, 1.807) is 0 Å². The van der Waals surface area contributed by atoms with E-state index >= 15 is 0 Å². The highest BCUT2D eigenvalue weighted by Gasteiger charge is 2.40. The van der Waals surface area contributed by atoms with Crippen molar-refractivity contribution >= 4 is 17.4 Å². The second-order valence-corrected chi connectivity index (χ2v) is 12.7. The predicted octanol–water partition coefficient (Wildman–Crippen LogP) is 5.92. The Balaban J connectivity index is 1.22. The maximum absolute atomic E-state index is 13.5. The number of nitrogens with one attached hydrogen (secondary N) is 1. The number of piperazine rings is 1. The van der Waals surface area contributed by atoms with Gasteiger partial charge in [-0.05, 0) is 61.4 Å². The molecular weight excluding hydrogens is 498 g/mol. The molecule has 8 nitrogen and oxygen atoms in total. The van der Waals surface area contributed by atoms with Crippen molar-refractivity contribution in [2.45, 2.75) is 84.2 Å². The molecule has 1 aromatic heterocycles. The smallest absolute Gasteiger partial charge is 0.308 e. The highest BCUT2D eigenvalue weighted by molar-refractivity contribution is 6.01. The zero-order valence-electron chi connectivity index (χ0n) is 25.0. The van der Waals surface area contributed by atoms with Crippen molar-refractivity contribution in [2.75, 3.05) is 41.4 Å². The maximum Gasteiger partial charge on any atom is 0.326 e. The predicted molar refractivity (Wildman–Crippen MR) is 163 cm³/mol. The topological polar surface area (TPSA) is 69.5 Å². The summed E-state index contributed by atoms with van der Waals surface area (Å²) in [5.41, 5.74) is 3.07. The number of aromatic nitrogens is 3. The molecular formula is C32H45N7O. The highest BCUT2D eigenvalue weighted by atomic mass is 16.2. The summed E-state index contributed by atoms with van der Waals surface area (Å²) in [4.78, 5) is 18.0. The monoisotopic (exact) mass is 543 g/mol. The van der Waals surface area contributed by atoms with E-state index in [2.05, 4.69) is 83.8 Å². The SMILES string of the molecule is Cc1nnc(C(C)C)n1N1C[C@H]2CC[C@H](C1)N2CCCN(C(=O)Nc1ccc(C(C)(C)C)cc1)c1ccccc1. The number of hydrogen-bond donors (Lipinski definition) is 1. The summed E-state index contributed by atoms with van der Waals surface area (Å²) in [6.45, 7) is 16.6. The molecule has 0 spiro atoms. The Bertz CT molecular complexity index is 1260. The molecule has 214 valence electrons. The number of benzene rings is 2. The first-order chi connectivity index (χ1) is 19.1. The quantitative estimate of drug-likeness (QED) is 0.382. The van der Waals surface area contributed by atoms with E-state index < -0.39 is 0 Å². The molecule has 2 aliphatic heterocycles. The number of anilines is 2. The molecule has 0 radical (unpaired) electrons. The van der Waals surface area contributed by atoms with Gasteiger partial charge < -0.3 is 10.3 Å². The maximum atomic E-state index is 13.5. The second-order valence-electron chi connectivity index (χ2n) is 12.7. The number of nitrogens with zero attached hydrogens (tertiary/aromatic N) is 6. The van der Waals surface area contributed by atoms with Gasteiger partial charge in [0.2, 0.25) is 0 Å². The molecule has 2 saturated heterocycles. The third-order valence-corrected chi connectivity index (χ3v) is 8.35. The number of fused-ring (bicyclic) bond motifs is 2. The first-order valence-electron chi connectivity index (χ1n) is 14.8. The van der Waals surface area contributed by atoms with E-state index in [4.69, 9.17) is 0 Å². The number of aryl methyl sites for hydroxylation is 1. The molecule has 2 bridgehead atoms. The average Bonchev–Trinajstić information content (AvgIpc) is 3.42. The van der Waals surface area contributed by atoms with Crippen LogP contribution in [-0.2, 0) is 5.41 Å².